The molecule has 0 aliphatic heterocycles. The predicted octanol–water partition coefficient (Wildman–Crippen LogP) is 15.7. The van der Waals surface area contributed by atoms with Gasteiger partial charge in [-0.15, -0.1) is 22.7 Å². The lowest BCUT2D eigenvalue weighted by atomic mass is 10.0. The smallest absolute Gasteiger partial charge is 0.0542 e. The molecule has 0 unspecified atom stereocenters. The van der Waals surface area contributed by atoms with Gasteiger partial charge in [-0.2, -0.15) is 0 Å². The lowest BCUT2D eigenvalue weighted by Crippen LogP contribution is -2.09. The summed E-state index contributed by atoms with van der Waals surface area (Å²) in [6.45, 7) is 8.57. The molecule has 4 heteroatoms. The average molecular weight is 731 g/mol. The number of anilines is 6. The Balaban J connectivity index is 1.06. The first-order valence-electron chi connectivity index (χ1n) is 18.5. The molecule has 0 atom stereocenters. The highest BCUT2D eigenvalue weighted by Gasteiger charge is 2.18. The molecule has 0 saturated heterocycles. The first-order chi connectivity index (χ1) is 26.3. The molecule has 0 bridgehead atoms. The molecule has 0 amide bonds. The fraction of sp³-hybridized carbons (Fsp3) is 0.0800. The predicted molar refractivity (Wildman–Crippen MR) is 238 cm³/mol. The average Bonchev–Trinajstić information content (AvgIpc) is 3.71. The van der Waals surface area contributed by atoms with Crippen molar-refractivity contribution in [1.29, 1.82) is 0 Å². The van der Waals surface area contributed by atoms with Crippen LogP contribution >= 0.6 is 22.7 Å². The zero-order valence-corrected chi connectivity index (χ0v) is 32.4. The van der Waals surface area contributed by atoms with Crippen LogP contribution in [-0.4, -0.2) is 0 Å². The van der Waals surface area contributed by atoms with E-state index in [1.54, 1.807) is 0 Å². The molecular formula is C50H38N2S2. The minimum absolute atomic E-state index is 1.16. The Morgan fingerprint density at radius 3 is 0.907 bits per heavy atom. The quantitative estimate of drug-likeness (QED) is 0.168. The third-order valence-electron chi connectivity index (χ3n) is 10.6. The van der Waals surface area contributed by atoms with Crippen LogP contribution in [0.3, 0.4) is 0 Å². The molecule has 0 spiro atoms. The normalized spacial score (nSPS) is 11.7. The zero-order chi connectivity index (χ0) is 36.5. The summed E-state index contributed by atoms with van der Waals surface area (Å²) in [7, 11) is 0. The molecule has 10 aromatic rings. The summed E-state index contributed by atoms with van der Waals surface area (Å²) in [6, 6.07) is 58.7. The molecule has 0 aliphatic carbocycles. The summed E-state index contributed by atoms with van der Waals surface area (Å²) in [6.07, 6.45) is 0. The zero-order valence-electron chi connectivity index (χ0n) is 30.7. The maximum atomic E-state index is 2.41. The highest BCUT2D eigenvalue weighted by molar-refractivity contribution is 7.36. The summed E-state index contributed by atoms with van der Waals surface area (Å²) in [5.74, 6) is 0. The van der Waals surface area contributed by atoms with Crippen molar-refractivity contribution in [1.82, 2.24) is 0 Å². The van der Waals surface area contributed by atoms with Gasteiger partial charge < -0.3 is 9.80 Å². The van der Waals surface area contributed by atoms with Crippen molar-refractivity contribution >= 4 is 108 Å². The van der Waals surface area contributed by atoms with Gasteiger partial charge >= 0.3 is 0 Å². The van der Waals surface area contributed by atoms with E-state index in [9.17, 15) is 0 Å². The lowest BCUT2D eigenvalue weighted by Gasteiger charge is -2.26. The Hall–Kier alpha value is -5.94. The molecule has 0 radical (unpaired) electrons. The van der Waals surface area contributed by atoms with Gasteiger partial charge in [-0.3, -0.25) is 0 Å². The summed E-state index contributed by atoms with van der Waals surface area (Å²) >= 11 is 3.85. The molecule has 0 fully saturated rings. The van der Waals surface area contributed by atoms with Crippen LogP contribution in [0.4, 0.5) is 34.1 Å². The van der Waals surface area contributed by atoms with Gasteiger partial charge in [0.15, 0.2) is 0 Å². The molecular weight excluding hydrogens is 693 g/mol. The van der Waals surface area contributed by atoms with Crippen molar-refractivity contribution in [3.63, 3.8) is 0 Å². The monoisotopic (exact) mass is 730 g/mol. The van der Waals surface area contributed by atoms with Crippen molar-refractivity contribution in [2.75, 3.05) is 9.80 Å². The van der Waals surface area contributed by atoms with Crippen molar-refractivity contribution in [3.8, 4) is 0 Å². The number of thiophene rings is 2. The lowest BCUT2D eigenvalue weighted by molar-refractivity contribution is 1.27. The molecule has 8 aromatic carbocycles. The summed E-state index contributed by atoms with van der Waals surface area (Å²) < 4.78 is 5.44. The van der Waals surface area contributed by atoms with Crippen LogP contribution in [0.1, 0.15) is 22.3 Å². The molecule has 54 heavy (non-hydrogen) atoms. The minimum atomic E-state index is 1.16. The van der Waals surface area contributed by atoms with Crippen molar-refractivity contribution in [3.05, 3.63) is 180 Å². The number of nitrogens with zero attached hydrogens (tertiary/aromatic N) is 2. The fourth-order valence-electron chi connectivity index (χ4n) is 7.67. The maximum absolute atomic E-state index is 2.41. The van der Waals surface area contributed by atoms with Gasteiger partial charge in [0, 0.05) is 54.3 Å². The second-order valence-electron chi connectivity index (χ2n) is 14.6. The van der Waals surface area contributed by atoms with Gasteiger partial charge in [0.2, 0.25) is 0 Å². The van der Waals surface area contributed by atoms with Crippen molar-refractivity contribution in [2.24, 2.45) is 0 Å². The van der Waals surface area contributed by atoms with E-state index in [4.69, 9.17) is 0 Å². The van der Waals surface area contributed by atoms with Crippen LogP contribution in [0.25, 0.3) is 51.1 Å². The molecule has 2 nitrogen and oxygen atoms in total. The first-order valence-corrected chi connectivity index (χ1v) is 20.1. The number of hydrogen-bond acceptors (Lipinski definition) is 4. The Morgan fingerprint density at radius 2 is 0.593 bits per heavy atom. The van der Waals surface area contributed by atoms with Gasteiger partial charge in [-0.1, -0.05) is 82.9 Å². The Bertz CT molecular complexity index is 2710. The SMILES string of the molecule is Cc1ccc(N(c2ccc(C)cc2)c2ccc3cc4c(cc3c2)sc2c3cc5ccc(N(c6ccc(C)cc6)c6ccc(C)cc6)cc5cc3sc42)cc1. The molecule has 2 aromatic heterocycles. The van der Waals surface area contributed by atoms with E-state index in [1.807, 2.05) is 22.7 Å². The van der Waals surface area contributed by atoms with Gasteiger partial charge in [0.1, 0.15) is 0 Å². The topological polar surface area (TPSA) is 6.48 Å². The summed E-state index contributed by atoms with van der Waals surface area (Å²) in [5, 5.41) is 7.73. The van der Waals surface area contributed by atoms with Gasteiger partial charge in [-0.25, -0.2) is 0 Å². The van der Waals surface area contributed by atoms with Gasteiger partial charge in [0.05, 0.1) is 9.40 Å². The fourth-order valence-corrected chi connectivity index (χ4v) is 10.4. The second-order valence-corrected chi connectivity index (χ2v) is 16.7. The molecule has 0 N–H and O–H groups in total. The summed E-state index contributed by atoms with van der Waals surface area (Å²) in [4.78, 5) is 4.72. The van der Waals surface area contributed by atoms with Gasteiger partial charge in [0.25, 0.3) is 0 Å². The molecule has 0 aliphatic rings. The largest absolute Gasteiger partial charge is 0.310 e. The van der Waals surface area contributed by atoms with Crippen LogP contribution in [0.2, 0.25) is 0 Å². The summed E-state index contributed by atoms with van der Waals surface area (Å²) in [5.41, 5.74) is 12.0. The number of rotatable bonds is 6. The van der Waals surface area contributed by atoms with Crippen molar-refractivity contribution in [2.45, 2.75) is 27.7 Å². The van der Waals surface area contributed by atoms with Crippen LogP contribution < -0.4 is 9.80 Å². The second kappa shape index (κ2) is 12.9. The highest BCUT2D eigenvalue weighted by atomic mass is 32.1. The van der Waals surface area contributed by atoms with E-state index in [0.29, 0.717) is 0 Å². The Kier molecular flexibility index (Phi) is 7.79. The van der Waals surface area contributed by atoms with Crippen LogP contribution in [-0.2, 0) is 0 Å². The Morgan fingerprint density at radius 1 is 0.296 bits per heavy atom. The minimum Gasteiger partial charge on any atom is -0.310 e. The first kappa shape index (κ1) is 32.7. The Labute approximate surface area is 323 Å². The maximum Gasteiger partial charge on any atom is 0.0542 e. The number of hydrogen-bond donors (Lipinski definition) is 0. The van der Waals surface area contributed by atoms with Crippen LogP contribution in [0.5, 0.6) is 0 Å². The standard InChI is InChI=1S/C50H38N2S2/c1-31-5-15-39(16-6-31)51(40-17-7-32(2)8-18-40)43-23-13-35-27-45-47(29-37(35)25-43)53-50-46-28-36-14-24-44(26-38(36)30-48(46)54-49(45)50)52(41-19-9-33(3)10-20-41)42-21-11-34(4)12-22-42/h5-30H,1-4H3. The third-order valence-corrected chi connectivity index (χ3v) is 13.2. The van der Waals surface area contributed by atoms with Crippen molar-refractivity contribution < 1.29 is 0 Å². The van der Waals surface area contributed by atoms with E-state index in [-0.39, 0.29) is 0 Å². The highest BCUT2D eigenvalue weighted by Crippen LogP contribution is 2.47. The number of benzene rings is 8. The molecule has 10 rings (SSSR count). The molecule has 2 heterocycles. The van der Waals surface area contributed by atoms with Crippen LogP contribution in [0, 0.1) is 27.7 Å². The van der Waals surface area contributed by atoms with E-state index in [1.165, 1.54) is 73.4 Å². The molecule has 260 valence electrons. The van der Waals surface area contributed by atoms with E-state index in [0.717, 1.165) is 34.1 Å². The third kappa shape index (κ3) is 5.70. The van der Waals surface area contributed by atoms with E-state index >= 15 is 0 Å². The van der Waals surface area contributed by atoms with E-state index in [2.05, 4.69) is 195 Å². The van der Waals surface area contributed by atoms with E-state index < -0.39 is 0 Å². The van der Waals surface area contributed by atoms with Gasteiger partial charge in [-0.05, 0) is 146 Å². The molecule has 0 saturated carbocycles. The number of fused-ring (bicyclic) bond motifs is 7. The number of aryl methyl sites for hydroxylation is 4. The van der Waals surface area contributed by atoms with Crippen LogP contribution in [0.15, 0.2) is 158 Å².